The number of furan rings is 1. The molecular weight excluding hydrogens is 321 g/mol. The molecule has 0 spiro atoms. The van der Waals surface area contributed by atoms with Crippen molar-refractivity contribution in [1.29, 1.82) is 0 Å². The van der Waals surface area contributed by atoms with E-state index in [0.717, 1.165) is 43.3 Å². The molecule has 3 rings (SSSR count). The van der Waals surface area contributed by atoms with Gasteiger partial charge in [-0.15, -0.1) is 13.2 Å². The van der Waals surface area contributed by atoms with Crippen LogP contribution in [0.5, 0.6) is 5.75 Å². The molecule has 1 aliphatic heterocycles. The number of piperazine rings is 1. The Morgan fingerprint density at radius 2 is 1.75 bits per heavy atom. The number of hydrogen-bond donors (Lipinski definition) is 1. The third-order valence-electron chi connectivity index (χ3n) is 3.98. The van der Waals surface area contributed by atoms with Gasteiger partial charge in [-0.05, 0) is 36.8 Å². The molecule has 24 heavy (non-hydrogen) atoms. The third-order valence-corrected chi connectivity index (χ3v) is 3.98. The molecule has 1 N–H and O–H groups in total. The van der Waals surface area contributed by atoms with Crippen LogP contribution in [-0.4, -0.2) is 37.4 Å². The molecule has 4 nitrogen and oxygen atoms in total. The van der Waals surface area contributed by atoms with Crippen molar-refractivity contribution >= 4 is 0 Å². The molecule has 2 heterocycles. The quantitative estimate of drug-likeness (QED) is 0.925. The second kappa shape index (κ2) is 6.86. The molecule has 130 valence electrons. The zero-order chi connectivity index (χ0) is 17.2. The number of nitrogens with one attached hydrogen (secondary N) is 1. The largest absolute Gasteiger partial charge is 0.573 e. The number of alkyl halides is 3. The van der Waals surface area contributed by atoms with E-state index in [-0.39, 0.29) is 11.8 Å². The van der Waals surface area contributed by atoms with Gasteiger partial charge < -0.3 is 14.5 Å². The molecule has 0 saturated carbocycles. The van der Waals surface area contributed by atoms with E-state index in [1.54, 1.807) is 12.1 Å². The van der Waals surface area contributed by atoms with Crippen molar-refractivity contribution in [3.8, 4) is 5.75 Å². The summed E-state index contributed by atoms with van der Waals surface area (Å²) in [6.45, 7) is 5.28. The van der Waals surface area contributed by atoms with Gasteiger partial charge in [0.1, 0.15) is 17.3 Å². The highest BCUT2D eigenvalue weighted by molar-refractivity contribution is 5.33. The predicted octanol–water partition coefficient (Wildman–Crippen LogP) is 3.48. The van der Waals surface area contributed by atoms with Crippen molar-refractivity contribution in [3.05, 3.63) is 53.5 Å². The molecule has 1 aliphatic rings. The van der Waals surface area contributed by atoms with E-state index in [9.17, 15) is 13.2 Å². The van der Waals surface area contributed by atoms with Crippen LogP contribution in [-0.2, 0) is 0 Å². The molecule has 0 amide bonds. The van der Waals surface area contributed by atoms with Gasteiger partial charge in [0.2, 0.25) is 0 Å². The summed E-state index contributed by atoms with van der Waals surface area (Å²) in [6, 6.07) is 9.69. The summed E-state index contributed by atoms with van der Waals surface area (Å²) in [6.07, 6.45) is -4.68. The number of ether oxygens (including phenoxy) is 1. The number of benzene rings is 1. The van der Waals surface area contributed by atoms with Crippen molar-refractivity contribution in [2.45, 2.75) is 19.3 Å². The van der Waals surface area contributed by atoms with E-state index in [2.05, 4.69) is 15.0 Å². The van der Waals surface area contributed by atoms with E-state index < -0.39 is 6.36 Å². The smallest absolute Gasteiger partial charge is 0.464 e. The molecule has 7 heteroatoms. The second-order valence-corrected chi connectivity index (χ2v) is 5.75. The standard InChI is InChI=1S/C17H19F3N2O2/c1-12-2-7-15(23-12)16(22-10-8-21-9-11-22)13-3-5-14(6-4-13)24-17(18,19)20/h2-7,16,21H,8-11H2,1H3/t16-/m1/s1. The van der Waals surface area contributed by atoms with Crippen molar-refractivity contribution in [3.63, 3.8) is 0 Å². The van der Waals surface area contributed by atoms with E-state index in [1.807, 2.05) is 19.1 Å². The molecular formula is C17H19F3N2O2. The maximum atomic E-state index is 12.3. The first kappa shape index (κ1) is 16.9. The van der Waals surface area contributed by atoms with Crippen LogP contribution in [0.3, 0.4) is 0 Å². The van der Waals surface area contributed by atoms with Crippen molar-refractivity contribution in [2.75, 3.05) is 26.2 Å². The van der Waals surface area contributed by atoms with Gasteiger partial charge in [-0.3, -0.25) is 4.90 Å². The van der Waals surface area contributed by atoms with E-state index in [0.29, 0.717) is 0 Å². The van der Waals surface area contributed by atoms with Gasteiger partial charge in [-0.25, -0.2) is 0 Å². The fraction of sp³-hybridized carbons (Fsp3) is 0.412. The molecule has 0 unspecified atom stereocenters. The molecule has 2 aromatic rings. The maximum Gasteiger partial charge on any atom is 0.573 e. The van der Waals surface area contributed by atoms with Crippen molar-refractivity contribution < 1.29 is 22.3 Å². The number of aryl methyl sites for hydroxylation is 1. The average Bonchev–Trinajstić information content (AvgIpc) is 2.95. The lowest BCUT2D eigenvalue weighted by Gasteiger charge is -2.34. The van der Waals surface area contributed by atoms with Crippen molar-refractivity contribution in [1.82, 2.24) is 10.2 Å². The summed E-state index contributed by atoms with van der Waals surface area (Å²) in [5.41, 5.74) is 0.876. The van der Waals surface area contributed by atoms with Gasteiger partial charge >= 0.3 is 6.36 Å². The topological polar surface area (TPSA) is 37.6 Å². The first-order chi connectivity index (χ1) is 11.4. The molecule has 1 saturated heterocycles. The maximum absolute atomic E-state index is 12.3. The van der Waals surface area contributed by atoms with Crippen LogP contribution in [0.25, 0.3) is 0 Å². The lowest BCUT2D eigenvalue weighted by Crippen LogP contribution is -2.45. The van der Waals surface area contributed by atoms with E-state index in [1.165, 1.54) is 12.1 Å². The Morgan fingerprint density at radius 1 is 1.08 bits per heavy atom. The lowest BCUT2D eigenvalue weighted by molar-refractivity contribution is -0.274. The number of rotatable bonds is 4. The van der Waals surface area contributed by atoms with Crippen LogP contribution in [0.1, 0.15) is 23.1 Å². The van der Waals surface area contributed by atoms with Gasteiger partial charge in [-0.2, -0.15) is 0 Å². The van der Waals surface area contributed by atoms with Gasteiger partial charge in [0.15, 0.2) is 0 Å². The fourth-order valence-corrected chi connectivity index (χ4v) is 2.95. The number of hydrogen-bond acceptors (Lipinski definition) is 4. The Kier molecular flexibility index (Phi) is 4.82. The van der Waals surface area contributed by atoms with Gasteiger partial charge in [0.25, 0.3) is 0 Å². The fourth-order valence-electron chi connectivity index (χ4n) is 2.95. The highest BCUT2D eigenvalue weighted by Gasteiger charge is 2.31. The first-order valence-electron chi connectivity index (χ1n) is 7.79. The van der Waals surface area contributed by atoms with E-state index >= 15 is 0 Å². The summed E-state index contributed by atoms with van der Waals surface area (Å²) >= 11 is 0. The summed E-state index contributed by atoms with van der Waals surface area (Å²) in [5.74, 6) is 1.38. The molecule has 1 aromatic carbocycles. The molecule has 1 atom stereocenters. The molecule has 0 bridgehead atoms. The summed E-state index contributed by atoms with van der Waals surface area (Å²) in [4.78, 5) is 2.26. The first-order valence-corrected chi connectivity index (χ1v) is 7.79. The minimum Gasteiger partial charge on any atom is -0.464 e. The summed E-state index contributed by atoms with van der Waals surface area (Å²) in [5, 5.41) is 3.30. The summed E-state index contributed by atoms with van der Waals surface area (Å²) < 4.78 is 46.7. The second-order valence-electron chi connectivity index (χ2n) is 5.75. The Labute approximate surface area is 138 Å². The number of nitrogens with zero attached hydrogens (tertiary/aromatic N) is 1. The van der Waals surface area contributed by atoms with Crippen LogP contribution in [0.4, 0.5) is 13.2 Å². The predicted molar refractivity (Wildman–Crippen MR) is 82.9 cm³/mol. The minimum atomic E-state index is -4.68. The Hall–Kier alpha value is -1.99. The zero-order valence-corrected chi connectivity index (χ0v) is 13.3. The highest BCUT2D eigenvalue weighted by Crippen LogP contribution is 2.32. The summed E-state index contributed by atoms with van der Waals surface area (Å²) in [7, 11) is 0. The van der Waals surface area contributed by atoms with E-state index in [4.69, 9.17) is 4.42 Å². The Morgan fingerprint density at radius 3 is 2.29 bits per heavy atom. The van der Waals surface area contributed by atoms with Gasteiger partial charge in [-0.1, -0.05) is 12.1 Å². The van der Waals surface area contributed by atoms with Crippen LogP contribution in [0, 0.1) is 6.92 Å². The molecule has 1 fully saturated rings. The molecule has 1 aromatic heterocycles. The van der Waals surface area contributed by atoms with Crippen LogP contribution >= 0.6 is 0 Å². The van der Waals surface area contributed by atoms with Crippen LogP contribution < -0.4 is 10.1 Å². The Bertz CT molecular complexity index is 661. The number of halogens is 3. The normalized spacial score (nSPS) is 17.7. The highest BCUT2D eigenvalue weighted by atomic mass is 19.4. The van der Waals surface area contributed by atoms with Crippen LogP contribution in [0.15, 0.2) is 40.8 Å². The molecule has 0 radical (unpaired) electrons. The van der Waals surface area contributed by atoms with Crippen LogP contribution in [0.2, 0.25) is 0 Å². The Balaban J connectivity index is 1.87. The third kappa shape index (κ3) is 4.10. The SMILES string of the molecule is Cc1ccc([C@@H](c2ccc(OC(F)(F)F)cc2)N2CCNCC2)o1. The van der Waals surface area contributed by atoms with Gasteiger partial charge in [0.05, 0.1) is 6.04 Å². The van der Waals surface area contributed by atoms with Gasteiger partial charge in [0, 0.05) is 26.2 Å². The average molecular weight is 340 g/mol. The monoisotopic (exact) mass is 340 g/mol. The minimum absolute atomic E-state index is 0.124. The lowest BCUT2D eigenvalue weighted by atomic mass is 10.0. The zero-order valence-electron chi connectivity index (χ0n) is 13.3. The molecule has 0 aliphatic carbocycles. The van der Waals surface area contributed by atoms with Crippen molar-refractivity contribution in [2.24, 2.45) is 0 Å².